The normalized spacial score (nSPS) is 15.1. The first-order chi connectivity index (χ1) is 16.5. The highest BCUT2D eigenvalue weighted by Crippen LogP contribution is 2.24. The maximum absolute atomic E-state index is 8.64. The Morgan fingerprint density at radius 3 is 2.50 bits per heavy atom. The van der Waals surface area contributed by atoms with Crippen molar-refractivity contribution in [1.82, 2.24) is 10.2 Å². The lowest BCUT2D eigenvalue weighted by atomic mass is 9.90. The van der Waals surface area contributed by atoms with E-state index in [0.29, 0.717) is 25.5 Å². The number of guanidine groups is 1. The number of hydrogen-bond donors (Lipinski definition) is 2. The first-order valence-corrected chi connectivity index (χ1v) is 12.4. The molecule has 0 unspecified atom stereocenters. The molecule has 1 fully saturated rings. The molecule has 0 atom stereocenters. The summed E-state index contributed by atoms with van der Waals surface area (Å²) in [6.45, 7) is 8.26. The van der Waals surface area contributed by atoms with Gasteiger partial charge in [0, 0.05) is 26.1 Å². The van der Waals surface area contributed by atoms with Crippen LogP contribution < -0.4 is 15.8 Å². The van der Waals surface area contributed by atoms with Crippen LogP contribution in [0.4, 0.5) is 5.69 Å². The third-order valence-electron chi connectivity index (χ3n) is 6.33. The van der Waals surface area contributed by atoms with Crippen molar-refractivity contribution in [2.75, 3.05) is 32.8 Å². The molecule has 0 aliphatic carbocycles. The van der Waals surface area contributed by atoms with Gasteiger partial charge in [0.15, 0.2) is 5.96 Å². The molecule has 6 nitrogen and oxygen atoms in total. The Kier molecular flexibility index (Phi) is 9.78. The Hall–Kier alpha value is -3.04. The molecule has 34 heavy (non-hydrogen) atoms. The number of likely N-dealkylation sites (tertiary alicyclic amines) is 1. The summed E-state index contributed by atoms with van der Waals surface area (Å²) in [5, 5.41) is 12.2. The van der Waals surface area contributed by atoms with E-state index in [1.54, 1.807) is 0 Å². The zero-order valence-corrected chi connectivity index (χ0v) is 20.7. The minimum Gasteiger partial charge on any atom is -0.494 e. The van der Waals surface area contributed by atoms with Crippen LogP contribution in [0.25, 0.3) is 0 Å². The van der Waals surface area contributed by atoms with E-state index in [9.17, 15) is 0 Å². The van der Waals surface area contributed by atoms with E-state index in [1.165, 1.54) is 5.56 Å². The van der Waals surface area contributed by atoms with Gasteiger partial charge in [0.05, 0.1) is 18.4 Å². The average Bonchev–Trinajstić information content (AvgIpc) is 2.86. The maximum Gasteiger partial charge on any atom is 0.199 e. The van der Waals surface area contributed by atoms with E-state index >= 15 is 0 Å². The molecule has 0 saturated carbocycles. The summed E-state index contributed by atoms with van der Waals surface area (Å²) in [4.78, 5) is 7.35. The number of nitrogens with two attached hydrogens (primary N) is 1. The van der Waals surface area contributed by atoms with Gasteiger partial charge in [-0.05, 0) is 73.4 Å². The molecular formula is C28H39N5O. The Balaban J connectivity index is 1.64. The van der Waals surface area contributed by atoms with Crippen LogP contribution in [0, 0.1) is 22.7 Å². The van der Waals surface area contributed by atoms with Gasteiger partial charge in [-0.2, -0.15) is 5.26 Å². The summed E-state index contributed by atoms with van der Waals surface area (Å²) in [6, 6.07) is 20.8. The molecule has 0 aromatic heterocycles. The van der Waals surface area contributed by atoms with Crippen LogP contribution in [0.5, 0.6) is 5.75 Å². The Morgan fingerprint density at radius 2 is 1.85 bits per heavy atom. The molecule has 3 rings (SSSR count). The second-order valence-electron chi connectivity index (χ2n) is 9.88. The van der Waals surface area contributed by atoms with Gasteiger partial charge in [0.1, 0.15) is 5.75 Å². The van der Waals surface area contributed by atoms with Crippen LogP contribution in [-0.2, 0) is 6.42 Å². The molecule has 0 radical (unpaired) electrons. The van der Waals surface area contributed by atoms with Crippen molar-refractivity contribution in [2.24, 2.45) is 22.1 Å². The van der Waals surface area contributed by atoms with Crippen molar-refractivity contribution in [2.45, 2.75) is 46.0 Å². The van der Waals surface area contributed by atoms with Crippen LogP contribution in [0.15, 0.2) is 59.6 Å². The summed E-state index contributed by atoms with van der Waals surface area (Å²) < 4.78 is 5.71. The number of nitrogens with zero attached hydrogens (tertiary/aromatic N) is 3. The Bertz CT molecular complexity index is 926. The highest BCUT2D eigenvalue weighted by molar-refractivity contribution is 5.83. The molecule has 2 aromatic rings. The van der Waals surface area contributed by atoms with Crippen LogP contribution in [0.3, 0.4) is 0 Å². The largest absolute Gasteiger partial charge is 0.494 e. The topological polar surface area (TPSA) is 86.7 Å². The number of unbranched alkanes of at least 4 members (excludes halogenated alkanes) is 1. The van der Waals surface area contributed by atoms with Gasteiger partial charge in [-0.25, -0.2) is 4.99 Å². The number of nitrogens with one attached hydrogen (secondary N) is 1. The molecule has 1 saturated heterocycles. The molecule has 0 bridgehead atoms. The summed E-state index contributed by atoms with van der Waals surface area (Å²) in [7, 11) is 0. The van der Waals surface area contributed by atoms with Gasteiger partial charge in [-0.1, -0.05) is 44.2 Å². The number of rotatable bonds is 10. The number of hydrogen-bond acceptors (Lipinski definition) is 4. The molecule has 3 N–H and O–H groups in total. The van der Waals surface area contributed by atoms with Gasteiger partial charge < -0.3 is 20.7 Å². The molecule has 1 aliphatic rings. The standard InChI is InChI=1S/C28H39N5O/c1-28(2,21-30)22-31-27(32-25-10-12-26(13-11-25)34-19-7-6-16-29)33-17-14-24(15-18-33)20-23-8-4-3-5-9-23/h3-5,8-13,24H,6-7,14-15,17-22,30H2,1-2H3,(H,31,32). The quantitative estimate of drug-likeness (QED) is 0.299. The monoisotopic (exact) mass is 461 g/mol. The fourth-order valence-electron chi connectivity index (χ4n) is 3.99. The van der Waals surface area contributed by atoms with Crippen molar-refractivity contribution in [3.05, 3.63) is 60.2 Å². The molecular weight excluding hydrogens is 422 g/mol. The second-order valence-corrected chi connectivity index (χ2v) is 9.88. The van der Waals surface area contributed by atoms with Gasteiger partial charge >= 0.3 is 0 Å². The summed E-state index contributed by atoms with van der Waals surface area (Å²) in [6.07, 6.45) is 4.71. The lowest BCUT2D eigenvalue weighted by Crippen LogP contribution is -2.49. The van der Waals surface area contributed by atoms with Gasteiger partial charge in [0.2, 0.25) is 0 Å². The molecule has 1 heterocycles. The van der Waals surface area contributed by atoms with Crippen molar-refractivity contribution in [3.63, 3.8) is 0 Å². The van der Waals surface area contributed by atoms with Crippen molar-refractivity contribution < 1.29 is 4.74 Å². The van der Waals surface area contributed by atoms with Crippen LogP contribution in [0.2, 0.25) is 0 Å². The van der Waals surface area contributed by atoms with E-state index < -0.39 is 0 Å². The molecule has 2 aromatic carbocycles. The van der Waals surface area contributed by atoms with Gasteiger partial charge in [-0.3, -0.25) is 0 Å². The predicted molar refractivity (Wildman–Crippen MR) is 139 cm³/mol. The Morgan fingerprint density at radius 1 is 1.15 bits per heavy atom. The number of piperidine rings is 1. The lowest BCUT2D eigenvalue weighted by Gasteiger charge is -2.35. The summed E-state index contributed by atoms with van der Waals surface area (Å²) in [5.74, 6) is 2.43. The predicted octanol–water partition coefficient (Wildman–Crippen LogP) is 4.89. The smallest absolute Gasteiger partial charge is 0.199 e. The number of aliphatic imine (C=N–C) groups is 1. The average molecular weight is 462 g/mol. The molecule has 0 amide bonds. The zero-order chi connectivity index (χ0) is 24.2. The van der Waals surface area contributed by atoms with Crippen LogP contribution in [0.1, 0.15) is 45.1 Å². The summed E-state index contributed by atoms with van der Waals surface area (Å²) in [5.41, 5.74) is 8.28. The minimum atomic E-state index is -0.00642. The minimum absolute atomic E-state index is 0.00642. The SMILES string of the molecule is CC(C)(CN)CN/C(=N\c1ccc(OCCCC#N)cc1)N1CCC(Cc2ccccc2)CC1. The van der Waals surface area contributed by atoms with E-state index in [2.05, 4.69) is 60.5 Å². The zero-order valence-electron chi connectivity index (χ0n) is 20.7. The third kappa shape index (κ3) is 8.39. The van der Waals surface area contributed by atoms with E-state index in [4.69, 9.17) is 20.7 Å². The van der Waals surface area contributed by atoms with Crippen molar-refractivity contribution in [1.29, 1.82) is 5.26 Å². The van der Waals surface area contributed by atoms with Crippen molar-refractivity contribution >= 4 is 11.6 Å². The third-order valence-corrected chi connectivity index (χ3v) is 6.33. The number of nitriles is 1. The number of benzene rings is 2. The highest BCUT2D eigenvalue weighted by atomic mass is 16.5. The Labute approximate surface area is 204 Å². The molecule has 1 aliphatic heterocycles. The van der Waals surface area contributed by atoms with Gasteiger partial charge in [-0.15, -0.1) is 0 Å². The lowest BCUT2D eigenvalue weighted by molar-refractivity contribution is 0.255. The first kappa shape index (κ1) is 25.6. The van der Waals surface area contributed by atoms with E-state index in [-0.39, 0.29) is 5.41 Å². The molecule has 0 spiro atoms. The number of ether oxygens (including phenoxy) is 1. The van der Waals surface area contributed by atoms with Crippen LogP contribution in [-0.4, -0.2) is 43.6 Å². The molecule has 182 valence electrons. The van der Waals surface area contributed by atoms with Gasteiger partial charge in [0.25, 0.3) is 0 Å². The van der Waals surface area contributed by atoms with E-state index in [1.807, 2.05) is 24.3 Å². The van der Waals surface area contributed by atoms with Crippen LogP contribution >= 0.6 is 0 Å². The fraction of sp³-hybridized carbons (Fsp3) is 0.500. The van der Waals surface area contributed by atoms with Crippen molar-refractivity contribution in [3.8, 4) is 11.8 Å². The molecule has 6 heteroatoms. The summed E-state index contributed by atoms with van der Waals surface area (Å²) >= 11 is 0. The maximum atomic E-state index is 8.64. The highest BCUT2D eigenvalue weighted by Gasteiger charge is 2.24. The fourth-order valence-corrected chi connectivity index (χ4v) is 3.99. The van der Waals surface area contributed by atoms with E-state index in [0.717, 1.165) is 62.7 Å². The second kappa shape index (κ2) is 13.0. The first-order valence-electron chi connectivity index (χ1n) is 12.4.